The number of rotatable bonds is 3. The predicted octanol–water partition coefficient (Wildman–Crippen LogP) is 5.11. The highest BCUT2D eigenvalue weighted by molar-refractivity contribution is 6.30. The van der Waals surface area contributed by atoms with Gasteiger partial charge in [0.15, 0.2) is 0 Å². The Balaban J connectivity index is 1.68. The Morgan fingerprint density at radius 1 is 0.960 bits per heavy atom. The molecule has 2 aliphatic carbocycles. The van der Waals surface area contributed by atoms with Crippen molar-refractivity contribution in [3.05, 3.63) is 34.9 Å². The zero-order valence-corrected chi connectivity index (χ0v) is 15.4. The van der Waals surface area contributed by atoms with Crippen LogP contribution in [0.15, 0.2) is 29.3 Å². The molecule has 0 atom stereocenters. The molecular weight excluding hydrogens is 336 g/mol. The zero-order chi connectivity index (χ0) is 17.5. The molecule has 0 spiro atoms. The van der Waals surface area contributed by atoms with E-state index in [4.69, 9.17) is 21.3 Å². The summed E-state index contributed by atoms with van der Waals surface area (Å²) in [4.78, 5) is 17.2. The molecule has 25 heavy (non-hydrogen) atoms. The van der Waals surface area contributed by atoms with E-state index in [1.807, 2.05) is 0 Å². The first-order valence-corrected chi connectivity index (χ1v) is 9.90. The number of aliphatic imine (C=N–C) groups is 1. The van der Waals surface area contributed by atoms with E-state index >= 15 is 0 Å². The van der Waals surface area contributed by atoms with Gasteiger partial charge in [-0.3, -0.25) is 0 Å². The summed E-state index contributed by atoms with van der Waals surface area (Å²) in [6.45, 7) is 0. The molecule has 1 N–H and O–H groups in total. The summed E-state index contributed by atoms with van der Waals surface area (Å²) >= 11 is 5.89. The van der Waals surface area contributed by atoms with E-state index in [2.05, 4.69) is 5.32 Å². The van der Waals surface area contributed by atoms with Crippen molar-refractivity contribution in [1.29, 1.82) is 0 Å². The Bertz CT molecular complexity index is 588. The third-order valence-corrected chi connectivity index (χ3v) is 5.33. The molecule has 2 aliphatic rings. The highest BCUT2D eigenvalue weighted by Crippen LogP contribution is 2.22. The van der Waals surface area contributed by atoms with Gasteiger partial charge in [-0.05, 0) is 49.9 Å². The monoisotopic (exact) mass is 362 g/mol. The van der Waals surface area contributed by atoms with Crippen molar-refractivity contribution in [3.63, 3.8) is 0 Å². The molecule has 0 radical (unpaired) electrons. The van der Waals surface area contributed by atoms with Gasteiger partial charge in [0.1, 0.15) is 0 Å². The summed E-state index contributed by atoms with van der Waals surface area (Å²) in [6.07, 6.45) is 11.8. The second kappa shape index (κ2) is 9.23. The number of halogens is 1. The fourth-order valence-electron chi connectivity index (χ4n) is 3.62. The van der Waals surface area contributed by atoms with Gasteiger partial charge >= 0.3 is 5.97 Å². The molecule has 0 aliphatic heterocycles. The molecule has 5 heteroatoms. The molecule has 3 rings (SSSR count). The van der Waals surface area contributed by atoms with Gasteiger partial charge in [-0.1, -0.05) is 50.1 Å². The molecule has 1 aromatic rings. The molecule has 0 aromatic heterocycles. The summed E-state index contributed by atoms with van der Waals surface area (Å²) in [5.74, 6) is -0.380. The zero-order valence-electron chi connectivity index (χ0n) is 14.7. The van der Waals surface area contributed by atoms with E-state index in [-0.39, 0.29) is 12.0 Å². The van der Waals surface area contributed by atoms with Crippen LogP contribution in [0.5, 0.6) is 0 Å². The van der Waals surface area contributed by atoms with Crippen LogP contribution in [0, 0.1) is 0 Å². The van der Waals surface area contributed by atoms with Gasteiger partial charge in [-0.25, -0.2) is 9.79 Å². The van der Waals surface area contributed by atoms with Crippen LogP contribution in [0.25, 0.3) is 0 Å². The molecule has 0 amide bonds. The van der Waals surface area contributed by atoms with Crippen LogP contribution in [-0.4, -0.2) is 24.1 Å². The Labute approximate surface area is 155 Å². The number of esters is 1. The molecule has 0 unspecified atom stereocenters. The first kappa shape index (κ1) is 18.2. The number of nitrogens with one attached hydrogen (secondary N) is 1. The third-order valence-electron chi connectivity index (χ3n) is 5.08. The van der Waals surface area contributed by atoms with Crippen molar-refractivity contribution in [2.75, 3.05) is 0 Å². The minimum atomic E-state index is -0.380. The molecule has 1 aromatic carbocycles. The van der Waals surface area contributed by atoms with Gasteiger partial charge in [0.2, 0.25) is 0 Å². The topological polar surface area (TPSA) is 50.7 Å². The molecule has 4 nitrogen and oxygen atoms in total. The normalized spacial score (nSPS) is 20.3. The Morgan fingerprint density at radius 2 is 1.56 bits per heavy atom. The van der Waals surface area contributed by atoms with Gasteiger partial charge in [0.05, 0.1) is 11.6 Å². The number of ether oxygens (including phenoxy) is 1. The molecule has 2 saturated carbocycles. The lowest BCUT2D eigenvalue weighted by Gasteiger charge is -2.25. The van der Waals surface area contributed by atoms with E-state index < -0.39 is 0 Å². The summed E-state index contributed by atoms with van der Waals surface area (Å²) in [6, 6.07) is 7.79. The van der Waals surface area contributed by atoms with E-state index in [1.165, 1.54) is 38.5 Å². The highest BCUT2D eigenvalue weighted by Gasteiger charge is 2.20. The Hall–Kier alpha value is -1.55. The third kappa shape index (κ3) is 5.74. The minimum absolute atomic E-state index is 0.262. The average molecular weight is 363 g/mol. The van der Waals surface area contributed by atoms with Crippen LogP contribution in [0.3, 0.4) is 0 Å². The van der Waals surface area contributed by atoms with Crippen molar-refractivity contribution < 1.29 is 9.53 Å². The van der Waals surface area contributed by atoms with Crippen LogP contribution in [-0.2, 0) is 4.74 Å². The maximum atomic E-state index is 12.5. The summed E-state index contributed by atoms with van der Waals surface area (Å²) in [5, 5.41) is 4.00. The van der Waals surface area contributed by atoms with Crippen molar-refractivity contribution in [1.82, 2.24) is 5.32 Å². The number of carbonyl (C=O) groups is 1. The number of benzene rings is 1. The quantitative estimate of drug-likeness (QED) is 0.462. The Kier molecular flexibility index (Phi) is 6.74. The SMILES string of the molecule is O=C(OC(=NC1CCCCC1)NC1CCCCC1)c1ccc(Cl)cc1. The number of nitrogens with zero attached hydrogens (tertiary/aromatic N) is 1. The van der Waals surface area contributed by atoms with Crippen molar-refractivity contribution in [2.24, 2.45) is 4.99 Å². The van der Waals surface area contributed by atoms with Crippen LogP contribution in [0.1, 0.15) is 74.6 Å². The lowest BCUT2D eigenvalue weighted by atomic mass is 9.95. The van der Waals surface area contributed by atoms with Crippen molar-refractivity contribution in [2.45, 2.75) is 76.3 Å². The summed E-state index contributed by atoms with van der Waals surface area (Å²) in [5.41, 5.74) is 0.492. The standard InChI is InChI=1S/C20H27ClN2O2/c21-16-13-11-15(12-14-16)19(24)25-20(22-17-7-3-1-4-8-17)23-18-9-5-2-6-10-18/h11-14,17-18H,1-10H2,(H,22,23). The summed E-state index contributed by atoms with van der Waals surface area (Å²) in [7, 11) is 0. The van der Waals surface area contributed by atoms with Crippen LogP contribution >= 0.6 is 11.6 Å². The number of hydrogen-bond donors (Lipinski definition) is 1. The molecule has 0 saturated heterocycles. The smallest absolute Gasteiger partial charge is 0.345 e. The largest absolute Gasteiger partial charge is 0.389 e. The van der Waals surface area contributed by atoms with Gasteiger partial charge in [-0.15, -0.1) is 0 Å². The van der Waals surface area contributed by atoms with Crippen LogP contribution < -0.4 is 5.32 Å². The molecule has 136 valence electrons. The summed E-state index contributed by atoms with van der Waals surface area (Å²) < 4.78 is 5.64. The maximum Gasteiger partial charge on any atom is 0.345 e. The first-order chi connectivity index (χ1) is 12.2. The lowest BCUT2D eigenvalue weighted by Crippen LogP contribution is -2.39. The van der Waals surface area contributed by atoms with Gasteiger partial charge in [-0.2, -0.15) is 0 Å². The van der Waals surface area contributed by atoms with Gasteiger partial charge in [0, 0.05) is 11.1 Å². The maximum absolute atomic E-state index is 12.5. The predicted molar refractivity (Wildman–Crippen MR) is 101 cm³/mol. The number of carbonyl (C=O) groups excluding carboxylic acids is 1. The fourth-order valence-corrected chi connectivity index (χ4v) is 3.75. The van der Waals surface area contributed by atoms with Crippen molar-refractivity contribution in [3.8, 4) is 0 Å². The lowest BCUT2D eigenvalue weighted by molar-refractivity contribution is 0.0703. The number of amidine groups is 1. The fraction of sp³-hybridized carbons (Fsp3) is 0.600. The van der Waals surface area contributed by atoms with Gasteiger partial charge in [0.25, 0.3) is 6.02 Å². The molecular formula is C20H27ClN2O2. The molecule has 2 fully saturated rings. The van der Waals surface area contributed by atoms with E-state index in [0.717, 1.165) is 25.7 Å². The van der Waals surface area contributed by atoms with Crippen LogP contribution in [0.2, 0.25) is 5.02 Å². The van der Waals surface area contributed by atoms with E-state index in [0.29, 0.717) is 22.6 Å². The molecule has 0 bridgehead atoms. The second-order valence-corrected chi connectivity index (χ2v) is 7.54. The van der Waals surface area contributed by atoms with E-state index in [9.17, 15) is 4.79 Å². The minimum Gasteiger partial charge on any atom is -0.389 e. The highest BCUT2D eigenvalue weighted by atomic mass is 35.5. The Morgan fingerprint density at radius 3 is 2.20 bits per heavy atom. The average Bonchev–Trinajstić information content (AvgIpc) is 2.64. The van der Waals surface area contributed by atoms with E-state index in [1.54, 1.807) is 24.3 Å². The number of hydrogen-bond acceptors (Lipinski definition) is 3. The second-order valence-electron chi connectivity index (χ2n) is 7.10. The molecule has 0 heterocycles. The van der Waals surface area contributed by atoms with Crippen LogP contribution in [0.4, 0.5) is 0 Å². The van der Waals surface area contributed by atoms with Crippen molar-refractivity contribution >= 4 is 23.6 Å². The first-order valence-electron chi connectivity index (χ1n) is 9.53. The van der Waals surface area contributed by atoms with Gasteiger partial charge < -0.3 is 10.1 Å².